The van der Waals surface area contributed by atoms with E-state index in [1.54, 1.807) is 13.0 Å². The smallest absolute Gasteiger partial charge is 0.308 e. The lowest BCUT2D eigenvalue weighted by Crippen LogP contribution is -2.33. The molecule has 22 heavy (non-hydrogen) atoms. The van der Waals surface area contributed by atoms with Gasteiger partial charge in [-0.15, -0.1) is 0 Å². The van der Waals surface area contributed by atoms with E-state index in [9.17, 15) is 10.1 Å². The zero-order valence-electron chi connectivity index (χ0n) is 13.6. The lowest BCUT2D eigenvalue weighted by Gasteiger charge is -2.27. The Morgan fingerprint density at radius 1 is 1.27 bits per heavy atom. The van der Waals surface area contributed by atoms with Gasteiger partial charge in [-0.3, -0.25) is 4.79 Å². The molecule has 0 bridgehead atoms. The van der Waals surface area contributed by atoms with Crippen LogP contribution in [-0.2, 0) is 4.79 Å². The number of para-hydroxylation sites is 1. The van der Waals surface area contributed by atoms with Gasteiger partial charge in [-0.25, -0.2) is 0 Å². The summed E-state index contributed by atoms with van der Waals surface area (Å²) in [5, 5.41) is 18.4. The molecule has 0 saturated carbocycles. The number of carboxylic acid groups (broad SMARTS) is 1. The van der Waals surface area contributed by atoms with Crippen LogP contribution >= 0.6 is 0 Å². The van der Waals surface area contributed by atoms with Gasteiger partial charge >= 0.3 is 5.97 Å². The van der Waals surface area contributed by atoms with Crippen LogP contribution in [-0.4, -0.2) is 24.2 Å². The van der Waals surface area contributed by atoms with Gasteiger partial charge in [0, 0.05) is 13.1 Å². The normalized spacial score (nSPS) is 11.7. The van der Waals surface area contributed by atoms with E-state index in [4.69, 9.17) is 5.11 Å². The van der Waals surface area contributed by atoms with E-state index >= 15 is 0 Å². The molecule has 0 radical (unpaired) electrons. The van der Waals surface area contributed by atoms with Crippen LogP contribution in [0, 0.1) is 17.2 Å². The minimum Gasteiger partial charge on any atom is -0.481 e. The Balaban J connectivity index is 2.77. The fourth-order valence-electron chi connectivity index (χ4n) is 2.47. The number of nitrogens with zero attached hydrogens (tertiary/aromatic N) is 2. The number of carboxylic acids is 1. The SMILES string of the molecule is CCCCCCCN(CC(C)C(=O)O)c1ccccc1C#N. The Kier molecular flexibility index (Phi) is 8.06. The molecule has 1 atom stereocenters. The third-order valence-corrected chi connectivity index (χ3v) is 3.81. The lowest BCUT2D eigenvalue weighted by atomic mass is 10.1. The average Bonchev–Trinajstić information content (AvgIpc) is 2.53. The van der Waals surface area contributed by atoms with Gasteiger partial charge < -0.3 is 10.0 Å². The number of unbranched alkanes of at least 4 members (excludes halogenated alkanes) is 4. The molecule has 0 aliphatic carbocycles. The van der Waals surface area contributed by atoms with Crippen molar-refractivity contribution in [2.24, 2.45) is 5.92 Å². The Morgan fingerprint density at radius 3 is 2.59 bits per heavy atom. The predicted octanol–water partition coefficient (Wildman–Crippen LogP) is 4.06. The highest BCUT2D eigenvalue weighted by Gasteiger charge is 2.18. The fourth-order valence-corrected chi connectivity index (χ4v) is 2.47. The van der Waals surface area contributed by atoms with Crippen LogP contribution in [0.15, 0.2) is 24.3 Å². The molecule has 1 unspecified atom stereocenters. The van der Waals surface area contributed by atoms with Gasteiger partial charge in [0.25, 0.3) is 0 Å². The van der Waals surface area contributed by atoms with Crippen molar-refractivity contribution in [1.82, 2.24) is 0 Å². The summed E-state index contributed by atoms with van der Waals surface area (Å²) in [6.07, 6.45) is 5.81. The molecule has 0 spiro atoms. The number of aliphatic carboxylic acids is 1. The summed E-state index contributed by atoms with van der Waals surface area (Å²) in [7, 11) is 0. The van der Waals surface area contributed by atoms with E-state index in [0.717, 1.165) is 25.1 Å². The standard InChI is InChI=1S/C18H26N2O2/c1-3-4-5-6-9-12-20(14-15(2)18(21)22)17-11-8-7-10-16(17)13-19/h7-8,10-11,15H,3-6,9,12,14H2,1-2H3,(H,21,22). The first-order valence-electron chi connectivity index (χ1n) is 8.07. The van der Waals surface area contributed by atoms with Gasteiger partial charge in [0.1, 0.15) is 6.07 Å². The fraction of sp³-hybridized carbons (Fsp3) is 0.556. The molecule has 0 fully saturated rings. The summed E-state index contributed by atoms with van der Waals surface area (Å²) in [5.41, 5.74) is 1.45. The summed E-state index contributed by atoms with van der Waals surface area (Å²) in [4.78, 5) is 13.2. The van der Waals surface area contributed by atoms with Crippen LogP contribution in [0.2, 0.25) is 0 Å². The molecule has 4 nitrogen and oxygen atoms in total. The molecule has 0 aliphatic heterocycles. The third kappa shape index (κ3) is 5.77. The third-order valence-electron chi connectivity index (χ3n) is 3.81. The molecule has 1 aromatic rings. The molecule has 120 valence electrons. The predicted molar refractivity (Wildman–Crippen MR) is 88.9 cm³/mol. The molecule has 1 rings (SSSR count). The number of carbonyl (C=O) groups is 1. The van der Waals surface area contributed by atoms with Crippen LogP contribution < -0.4 is 4.90 Å². The highest BCUT2D eigenvalue weighted by molar-refractivity contribution is 5.71. The summed E-state index contributed by atoms with van der Waals surface area (Å²) in [6.45, 7) is 5.12. The van der Waals surface area contributed by atoms with Gasteiger partial charge in [0.2, 0.25) is 0 Å². The summed E-state index contributed by atoms with van der Waals surface area (Å²) < 4.78 is 0. The first kappa shape index (κ1) is 18.0. The monoisotopic (exact) mass is 302 g/mol. The van der Waals surface area contributed by atoms with Crippen molar-refractivity contribution in [3.05, 3.63) is 29.8 Å². The molecule has 0 saturated heterocycles. The summed E-state index contributed by atoms with van der Waals surface area (Å²) in [6, 6.07) is 9.61. The van der Waals surface area contributed by atoms with E-state index in [1.165, 1.54) is 19.3 Å². The maximum Gasteiger partial charge on any atom is 0.308 e. The van der Waals surface area contributed by atoms with E-state index < -0.39 is 11.9 Å². The van der Waals surface area contributed by atoms with Gasteiger partial charge in [0.15, 0.2) is 0 Å². The number of rotatable bonds is 10. The van der Waals surface area contributed by atoms with Gasteiger partial charge in [-0.05, 0) is 18.6 Å². The topological polar surface area (TPSA) is 64.3 Å². The molecule has 0 heterocycles. The molecule has 0 amide bonds. The first-order valence-corrected chi connectivity index (χ1v) is 8.07. The van der Waals surface area contributed by atoms with Crippen LogP contribution in [0.25, 0.3) is 0 Å². The number of hydrogen-bond donors (Lipinski definition) is 1. The zero-order chi connectivity index (χ0) is 16.4. The van der Waals surface area contributed by atoms with Gasteiger partial charge in [0.05, 0.1) is 17.2 Å². The average molecular weight is 302 g/mol. The van der Waals surface area contributed by atoms with Crippen LogP contribution in [0.1, 0.15) is 51.5 Å². The Labute approximate surface area is 133 Å². The molecule has 0 aliphatic rings. The van der Waals surface area contributed by atoms with Crippen molar-refractivity contribution in [2.75, 3.05) is 18.0 Å². The number of anilines is 1. The second-order valence-corrected chi connectivity index (χ2v) is 5.73. The Bertz CT molecular complexity index is 508. The molecular formula is C18H26N2O2. The Morgan fingerprint density at radius 2 is 1.95 bits per heavy atom. The van der Waals surface area contributed by atoms with Crippen LogP contribution in [0.3, 0.4) is 0 Å². The minimum atomic E-state index is -0.801. The van der Waals surface area contributed by atoms with Crippen molar-refractivity contribution < 1.29 is 9.90 Å². The van der Waals surface area contributed by atoms with E-state index in [1.807, 2.05) is 23.1 Å². The maximum absolute atomic E-state index is 11.1. The number of nitriles is 1. The van der Waals surface area contributed by atoms with E-state index in [0.29, 0.717) is 12.1 Å². The number of hydrogen-bond acceptors (Lipinski definition) is 3. The van der Waals surface area contributed by atoms with E-state index in [-0.39, 0.29) is 0 Å². The van der Waals surface area contributed by atoms with E-state index in [2.05, 4.69) is 13.0 Å². The molecule has 4 heteroatoms. The van der Waals surface area contributed by atoms with Gasteiger partial charge in [-0.2, -0.15) is 5.26 Å². The lowest BCUT2D eigenvalue weighted by molar-refractivity contribution is -0.140. The quantitative estimate of drug-likeness (QED) is 0.662. The zero-order valence-corrected chi connectivity index (χ0v) is 13.6. The van der Waals surface area contributed by atoms with Crippen LogP contribution in [0.4, 0.5) is 5.69 Å². The minimum absolute atomic E-state index is 0.432. The highest BCUT2D eigenvalue weighted by Crippen LogP contribution is 2.22. The second kappa shape index (κ2) is 9.83. The largest absolute Gasteiger partial charge is 0.481 e. The van der Waals surface area contributed by atoms with Crippen molar-refractivity contribution in [2.45, 2.75) is 46.0 Å². The van der Waals surface area contributed by atoms with Crippen molar-refractivity contribution >= 4 is 11.7 Å². The summed E-state index contributed by atoms with van der Waals surface area (Å²) >= 11 is 0. The van der Waals surface area contributed by atoms with Crippen LogP contribution in [0.5, 0.6) is 0 Å². The first-order chi connectivity index (χ1) is 10.6. The van der Waals surface area contributed by atoms with Gasteiger partial charge in [-0.1, -0.05) is 51.7 Å². The highest BCUT2D eigenvalue weighted by atomic mass is 16.4. The summed E-state index contributed by atoms with van der Waals surface area (Å²) in [5.74, 6) is -1.26. The van der Waals surface area contributed by atoms with Crippen molar-refractivity contribution in [3.63, 3.8) is 0 Å². The molecule has 0 aromatic heterocycles. The van der Waals surface area contributed by atoms with Crippen molar-refractivity contribution in [1.29, 1.82) is 5.26 Å². The van der Waals surface area contributed by atoms with Crippen molar-refractivity contribution in [3.8, 4) is 6.07 Å². The molecule has 1 aromatic carbocycles. The number of benzene rings is 1. The maximum atomic E-state index is 11.1. The Hall–Kier alpha value is -2.02. The molecular weight excluding hydrogens is 276 g/mol. The molecule has 1 N–H and O–H groups in total. The second-order valence-electron chi connectivity index (χ2n) is 5.73.